The number of aromatic hydroxyl groups is 1. The van der Waals surface area contributed by atoms with Gasteiger partial charge in [0, 0.05) is 37.9 Å². The summed E-state index contributed by atoms with van der Waals surface area (Å²) in [6, 6.07) is 4.78. The Balaban J connectivity index is 1.58. The van der Waals surface area contributed by atoms with E-state index >= 15 is 0 Å². The number of phenols is 1. The number of aryl methyl sites for hydroxylation is 1. The smallest absolute Gasteiger partial charge is 0.257 e. The molecule has 0 aliphatic carbocycles. The van der Waals surface area contributed by atoms with E-state index in [1.54, 1.807) is 23.2 Å². The van der Waals surface area contributed by atoms with E-state index in [0.29, 0.717) is 18.8 Å². The first kappa shape index (κ1) is 17.2. The molecule has 0 radical (unpaired) electrons. The topological polar surface area (TPSA) is 102 Å². The number of aromatic nitrogens is 6. The van der Waals surface area contributed by atoms with Gasteiger partial charge in [-0.25, -0.2) is 9.67 Å². The first-order chi connectivity index (χ1) is 13.2. The van der Waals surface area contributed by atoms with Crippen molar-refractivity contribution in [3.63, 3.8) is 0 Å². The Morgan fingerprint density at radius 1 is 1.37 bits per heavy atom. The Bertz CT molecular complexity index is 935. The maximum absolute atomic E-state index is 13.1. The van der Waals surface area contributed by atoms with Crippen molar-refractivity contribution in [3.8, 4) is 11.4 Å². The van der Waals surface area contributed by atoms with Crippen LogP contribution in [0.15, 0.2) is 36.9 Å². The Labute approximate surface area is 156 Å². The molecule has 1 N–H and O–H groups in total. The van der Waals surface area contributed by atoms with Gasteiger partial charge in [-0.05, 0) is 48.4 Å². The van der Waals surface area contributed by atoms with Crippen molar-refractivity contribution in [1.82, 2.24) is 34.7 Å². The van der Waals surface area contributed by atoms with E-state index in [-0.39, 0.29) is 23.1 Å². The molecule has 1 atom stereocenters. The average molecular weight is 367 g/mol. The molecule has 3 aromatic rings. The summed E-state index contributed by atoms with van der Waals surface area (Å²) >= 11 is 0. The molecule has 1 fully saturated rings. The molecule has 1 aliphatic heterocycles. The van der Waals surface area contributed by atoms with Crippen molar-refractivity contribution in [1.29, 1.82) is 0 Å². The number of hydrogen-bond donors (Lipinski definition) is 1. The number of rotatable bonds is 4. The standard InChI is InChI=1S/C18H21N7O2/c1-2-23-9-7-19-17(23)13-4-3-8-24(11-13)18(27)15-10-14(5-6-16(15)26)25-12-20-21-22-25/h5-7,9-10,12-13,26H,2-4,8,11H2,1H3/t13-/m0/s1. The third-order valence-corrected chi connectivity index (χ3v) is 4.99. The van der Waals surface area contributed by atoms with Crippen LogP contribution in [0.5, 0.6) is 5.75 Å². The fourth-order valence-electron chi connectivity index (χ4n) is 3.61. The second-order valence-electron chi connectivity index (χ2n) is 6.62. The number of imidazole rings is 1. The van der Waals surface area contributed by atoms with Crippen LogP contribution in [0.3, 0.4) is 0 Å². The predicted molar refractivity (Wildman–Crippen MR) is 96.6 cm³/mol. The van der Waals surface area contributed by atoms with Crippen LogP contribution in [-0.4, -0.2) is 58.8 Å². The highest BCUT2D eigenvalue weighted by Gasteiger charge is 2.29. The largest absolute Gasteiger partial charge is 0.507 e. The first-order valence-corrected chi connectivity index (χ1v) is 9.04. The summed E-state index contributed by atoms with van der Waals surface area (Å²) in [6.45, 7) is 4.19. The lowest BCUT2D eigenvalue weighted by Crippen LogP contribution is -2.39. The lowest BCUT2D eigenvalue weighted by atomic mass is 9.96. The number of tetrazole rings is 1. The molecule has 1 amide bonds. The summed E-state index contributed by atoms with van der Waals surface area (Å²) in [5.41, 5.74) is 0.874. The lowest BCUT2D eigenvalue weighted by molar-refractivity contribution is 0.0700. The minimum atomic E-state index is -0.193. The molecule has 3 heterocycles. The van der Waals surface area contributed by atoms with Crippen LogP contribution >= 0.6 is 0 Å². The van der Waals surface area contributed by atoms with Crippen molar-refractivity contribution >= 4 is 5.91 Å². The fourth-order valence-corrected chi connectivity index (χ4v) is 3.61. The van der Waals surface area contributed by atoms with Gasteiger partial charge in [0.2, 0.25) is 0 Å². The molecular formula is C18H21N7O2. The fraction of sp³-hybridized carbons (Fsp3) is 0.389. The van der Waals surface area contributed by atoms with Gasteiger partial charge in [0.15, 0.2) is 0 Å². The van der Waals surface area contributed by atoms with E-state index in [9.17, 15) is 9.90 Å². The minimum Gasteiger partial charge on any atom is -0.507 e. The lowest BCUT2D eigenvalue weighted by Gasteiger charge is -2.33. The van der Waals surface area contributed by atoms with Gasteiger partial charge < -0.3 is 14.6 Å². The third kappa shape index (κ3) is 3.27. The molecule has 140 valence electrons. The minimum absolute atomic E-state index is 0.0472. The molecule has 9 nitrogen and oxygen atoms in total. The van der Waals surface area contributed by atoms with Crippen LogP contribution in [0.4, 0.5) is 0 Å². The number of carbonyl (C=O) groups excluding carboxylic acids is 1. The number of benzene rings is 1. The monoisotopic (exact) mass is 367 g/mol. The van der Waals surface area contributed by atoms with Gasteiger partial charge in [0.1, 0.15) is 17.9 Å². The van der Waals surface area contributed by atoms with Gasteiger partial charge in [0.05, 0.1) is 11.3 Å². The van der Waals surface area contributed by atoms with Crippen LogP contribution in [0.2, 0.25) is 0 Å². The van der Waals surface area contributed by atoms with E-state index in [1.807, 2.05) is 6.20 Å². The average Bonchev–Trinajstić information content (AvgIpc) is 3.39. The highest BCUT2D eigenvalue weighted by molar-refractivity contribution is 5.97. The van der Waals surface area contributed by atoms with Gasteiger partial charge in [-0.3, -0.25) is 4.79 Å². The van der Waals surface area contributed by atoms with E-state index in [1.165, 1.54) is 17.1 Å². The van der Waals surface area contributed by atoms with Crippen molar-refractivity contribution in [2.75, 3.05) is 13.1 Å². The van der Waals surface area contributed by atoms with Gasteiger partial charge in [0.25, 0.3) is 5.91 Å². The van der Waals surface area contributed by atoms with E-state index in [4.69, 9.17) is 0 Å². The Morgan fingerprint density at radius 2 is 2.26 bits per heavy atom. The molecule has 0 bridgehead atoms. The maximum atomic E-state index is 13.1. The molecule has 27 heavy (non-hydrogen) atoms. The number of nitrogens with zero attached hydrogens (tertiary/aromatic N) is 7. The zero-order valence-corrected chi connectivity index (χ0v) is 15.1. The van der Waals surface area contributed by atoms with Gasteiger partial charge in [-0.15, -0.1) is 5.10 Å². The molecule has 2 aromatic heterocycles. The molecule has 9 heteroatoms. The van der Waals surface area contributed by atoms with Gasteiger partial charge in [-0.2, -0.15) is 0 Å². The summed E-state index contributed by atoms with van der Waals surface area (Å²) < 4.78 is 3.57. The van der Waals surface area contributed by atoms with E-state index in [0.717, 1.165) is 25.2 Å². The second-order valence-corrected chi connectivity index (χ2v) is 6.62. The maximum Gasteiger partial charge on any atom is 0.257 e. The van der Waals surface area contributed by atoms with Crippen LogP contribution in [0, 0.1) is 0 Å². The van der Waals surface area contributed by atoms with Crippen LogP contribution < -0.4 is 0 Å². The first-order valence-electron chi connectivity index (χ1n) is 9.04. The molecular weight excluding hydrogens is 346 g/mol. The number of likely N-dealkylation sites (tertiary alicyclic amines) is 1. The van der Waals surface area contributed by atoms with E-state index < -0.39 is 0 Å². The predicted octanol–water partition coefficient (Wildman–Crippen LogP) is 1.60. The van der Waals surface area contributed by atoms with Gasteiger partial charge >= 0.3 is 0 Å². The van der Waals surface area contributed by atoms with Crippen molar-refractivity contribution < 1.29 is 9.90 Å². The molecule has 1 aromatic carbocycles. The van der Waals surface area contributed by atoms with Crippen molar-refractivity contribution in [2.24, 2.45) is 0 Å². The molecule has 0 unspecified atom stereocenters. The van der Waals surface area contributed by atoms with Crippen LogP contribution in [-0.2, 0) is 6.54 Å². The summed E-state index contributed by atoms with van der Waals surface area (Å²) in [5.74, 6) is 0.972. The van der Waals surface area contributed by atoms with Crippen molar-refractivity contribution in [2.45, 2.75) is 32.2 Å². The van der Waals surface area contributed by atoms with Gasteiger partial charge in [-0.1, -0.05) is 0 Å². The number of amides is 1. The van der Waals surface area contributed by atoms with Crippen LogP contribution in [0.25, 0.3) is 5.69 Å². The molecule has 0 spiro atoms. The molecule has 1 aliphatic rings. The molecule has 1 saturated heterocycles. The quantitative estimate of drug-likeness (QED) is 0.751. The molecule has 4 rings (SSSR count). The highest BCUT2D eigenvalue weighted by Crippen LogP contribution is 2.29. The van der Waals surface area contributed by atoms with Crippen molar-refractivity contribution in [3.05, 3.63) is 48.3 Å². The number of piperidine rings is 1. The summed E-state index contributed by atoms with van der Waals surface area (Å²) in [4.78, 5) is 19.4. The Kier molecular flexibility index (Phi) is 4.57. The Morgan fingerprint density at radius 3 is 3.04 bits per heavy atom. The number of hydrogen-bond acceptors (Lipinski definition) is 6. The highest BCUT2D eigenvalue weighted by atomic mass is 16.3. The van der Waals surface area contributed by atoms with E-state index in [2.05, 4.69) is 32.0 Å². The SMILES string of the molecule is CCn1ccnc1[C@H]1CCCN(C(=O)c2cc(-n3cnnn3)ccc2O)C1. The second kappa shape index (κ2) is 7.18. The molecule has 0 saturated carbocycles. The summed E-state index contributed by atoms with van der Waals surface area (Å²) in [7, 11) is 0. The summed E-state index contributed by atoms with van der Waals surface area (Å²) in [5, 5.41) is 21.3. The number of carbonyl (C=O) groups is 1. The zero-order chi connectivity index (χ0) is 18.8. The normalized spacial score (nSPS) is 17.2. The third-order valence-electron chi connectivity index (χ3n) is 4.99. The number of phenolic OH excluding ortho intramolecular Hbond substituents is 1. The van der Waals surface area contributed by atoms with Crippen LogP contribution in [0.1, 0.15) is 41.9 Å². The Hall–Kier alpha value is -3.23. The zero-order valence-electron chi connectivity index (χ0n) is 15.1. The summed E-state index contributed by atoms with van der Waals surface area (Å²) in [6.07, 6.45) is 7.12.